The number of hydrogen-bond acceptors (Lipinski definition) is 7. The van der Waals surface area contributed by atoms with E-state index in [1.807, 2.05) is 37.3 Å². The predicted molar refractivity (Wildman–Crippen MR) is 97.3 cm³/mol. The fourth-order valence-electron chi connectivity index (χ4n) is 2.15. The highest BCUT2D eigenvalue weighted by Crippen LogP contribution is 2.20. The molecule has 3 rings (SSSR count). The van der Waals surface area contributed by atoms with Crippen molar-refractivity contribution in [2.75, 3.05) is 12.4 Å². The molecule has 0 aliphatic rings. The number of aryl methyl sites for hydroxylation is 1. The Labute approximate surface area is 155 Å². The summed E-state index contributed by atoms with van der Waals surface area (Å²) in [4.78, 5) is 0. The molecule has 3 aromatic rings. The molecule has 0 aliphatic heterocycles. The molecule has 1 N–H and O–H groups in total. The monoisotopic (exact) mass is 367 g/mol. The van der Waals surface area contributed by atoms with Crippen LogP contribution in [0.15, 0.2) is 53.7 Å². The van der Waals surface area contributed by atoms with Crippen molar-refractivity contribution in [2.45, 2.75) is 18.2 Å². The van der Waals surface area contributed by atoms with Gasteiger partial charge >= 0.3 is 0 Å². The Balaban J connectivity index is 1.53. The maximum absolute atomic E-state index is 10.1. The van der Waals surface area contributed by atoms with Gasteiger partial charge in [0.15, 0.2) is 0 Å². The number of ether oxygens (including phenoxy) is 1. The largest absolute Gasteiger partial charge is 0.491 e. The van der Waals surface area contributed by atoms with E-state index < -0.39 is 6.10 Å². The summed E-state index contributed by atoms with van der Waals surface area (Å²) in [6.07, 6.45) is -0.682. The molecule has 1 atom stereocenters. The van der Waals surface area contributed by atoms with Crippen molar-refractivity contribution in [1.82, 2.24) is 20.2 Å². The Morgan fingerprint density at radius 1 is 1.19 bits per heavy atom. The molecule has 2 aromatic carbocycles. The van der Waals surface area contributed by atoms with Crippen molar-refractivity contribution >= 4 is 11.8 Å². The van der Waals surface area contributed by atoms with Gasteiger partial charge in [-0.15, -0.1) is 5.10 Å². The average Bonchev–Trinajstić information content (AvgIpc) is 3.14. The summed E-state index contributed by atoms with van der Waals surface area (Å²) >= 11 is 1.36. The van der Waals surface area contributed by atoms with Crippen molar-refractivity contribution in [1.29, 1.82) is 5.26 Å². The molecule has 8 heteroatoms. The number of aromatic nitrogens is 4. The van der Waals surface area contributed by atoms with E-state index in [-0.39, 0.29) is 6.61 Å². The lowest BCUT2D eigenvalue weighted by molar-refractivity contribution is 0.126. The maximum Gasteiger partial charge on any atom is 0.214 e. The summed E-state index contributed by atoms with van der Waals surface area (Å²) in [7, 11) is 0. The fraction of sp³-hybridized carbons (Fsp3) is 0.222. The van der Waals surface area contributed by atoms with Crippen LogP contribution in [0.4, 0.5) is 0 Å². The number of aliphatic hydroxyl groups excluding tert-OH is 1. The predicted octanol–water partition coefficient (Wildman–Crippen LogP) is 2.37. The number of rotatable bonds is 7. The first-order chi connectivity index (χ1) is 12.7. The van der Waals surface area contributed by atoms with Crippen molar-refractivity contribution in [3.63, 3.8) is 0 Å². The van der Waals surface area contributed by atoms with Crippen LogP contribution in [0.3, 0.4) is 0 Å². The zero-order chi connectivity index (χ0) is 18.4. The van der Waals surface area contributed by atoms with Crippen LogP contribution in [-0.4, -0.2) is 43.8 Å². The van der Waals surface area contributed by atoms with E-state index in [2.05, 4.69) is 15.5 Å². The zero-order valence-corrected chi connectivity index (χ0v) is 14.9. The highest BCUT2D eigenvalue weighted by atomic mass is 32.2. The summed E-state index contributed by atoms with van der Waals surface area (Å²) in [5, 5.41) is 31.2. The minimum absolute atomic E-state index is 0.144. The molecule has 0 amide bonds. The second-order valence-electron chi connectivity index (χ2n) is 5.62. The number of thioether (sulfide) groups is 1. The van der Waals surface area contributed by atoms with Gasteiger partial charge in [-0.3, -0.25) is 0 Å². The van der Waals surface area contributed by atoms with Crippen LogP contribution in [0.1, 0.15) is 11.1 Å². The molecule has 26 heavy (non-hydrogen) atoms. The summed E-state index contributed by atoms with van der Waals surface area (Å²) in [5.74, 6) is 1.00. The molecule has 0 radical (unpaired) electrons. The van der Waals surface area contributed by atoms with Gasteiger partial charge in [0.1, 0.15) is 12.4 Å². The quantitative estimate of drug-likeness (QED) is 0.640. The number of hydrogen-bond donors (Lipinski definition) is 1. The highest BCUT2D eigenvalue weighted by Gasteiger charge is 2.13. The molecular weight excluding hydrogens is 350 g/mol. The van der Waals surface area contributed by atoms with Crippen molar-refractivity contribution in [3.05, 3.63) is 59.7 Å². The van der Waals surface area contributed by atoms with E-state index in [0.29, 0.717) is 22.2 Å². The second-order valence-corrected chi connectivity index (χ2v) is 6.61. The second kappa shape index (κ2) is 8.47. The van der Waals surface area contributed by atoms with Crippen LogP contribution in [0.5, 0.6) is 5.75 Å². The lowest BCUT2D eigenvalue weighted by atomic mass is 10.2. The van der Waals surface area contributed by atoms with E-state index in [1.54, 1.807) is 28.9 Å². The molecule has 0 saturated carbocycles. The standard InChI is InChI=1S/C18H17N5O2S/c1-13-2-6-15(7-3-13)23-18(20-21-22-23)26-12-16(24)11-25-17-8-4-14(10-19)5-9-17/h2-9,16,24H,11-12H2,1H3. The van der Waals surface area contributed by atoms with E-state index in [9.17, 15) is 5.11 Å². The minimum Gasteiger partial charge on any atom is -0.491 e. The number of tetrazole rings is 1. The Morgan fingerprint density at radius 2 is 1.92 bits per heavy atom. The molecule has 0 spiro atoms. The molecule has 0 fully saturated rings. The first-order valence-corrected chi connectivity index (χ1v) is 8.93. The summed E-state index contributed by atoms with van der Waals surface area (Å²) in [6, 6.07) is 16.7. The Kier molecular flexibility index (Phi) is 5.84. The van der Waals surface area contributed by atoms with Gasteiger partial charge in [0.05, 0.1) is 23.4 Å². The molecule has 0 aliphatic carbocycles. The molecule has 1 aromatic heterocycles. The van der Waals surface area contributed by atoms with Crippen LogP contribution < -0.4 is 4.74 Å². The fourth-order valence-corrected chi connectivity index (χ4v) is 2.95. The Hall–Kier alpha value is -2.89. The van der Waals surface area contributed by atoms with Gasteiger partial charge in [-0.05, 0) is 53.7 Å². The van der Waals surface area contributed by atoms with Crippen LogP contribution in [0.2, 0.25) is 0 Å². The average molecular weight is 367 g/mol. The summed E-state index contributed by atoms with van der Waals surface area (Å²) in [5.41, 5.74) is 2.59. The van der Waals surface area contributed by atoms with Crippen molar-refractivity contribution in [2.24, 2.45) is 0 Å². The van der Waals surface area contributed by atoms with Gasteiger partial charge in [0.2, 0.25) is 5.16 Å². The normalized spacial score (nSPS) is 11.7. The third-order valence-electron chi connectivity index (χ3n) is 3.55. The van der Waals surface area contributed by atoms with Gasteiger partial charge in [-0.1, -0.05) is 29.5 Å². The van der Waals surface area contributed by atoms with Crippen molar-refractivity contribution < 1.29 is 9.84 Å². The highest BCUT2D eigenvalue weighted by molar-refractivity contribution is 7.99. The summed E-state index contributed by atoms with van der Waals surface area (Å²) in [6.45, 7) is 2.16. The van der Waals surface area contributed by atoms with E-state index in [4.69, 9.17) is 10.00 Å². The third-order valence-corrected chi connectivity index (χ3v) is 4.61. The topological polar surface area (TPSA) is 96.8 Å². The smallest absolute Gasteiger partial charge is 0.214 e. The number of benzene rings is 2. The first-order valence-electron chi connectivity index (χ1n) is 7.95. The van der Waals surface area contributed by atoms with Gasteiger partial charge in [-0.2, -0.15) is 9.94 Å². The lowest BCUT2D eigenvalue weighted by Gasteiger charge is -2.12. The molecule has 0 saturated heterocycles. The Bertz CT molecular complexity index is 887. The minimum atomic E-state index is -0.682. The van der Waals surface area contributed by atoms with Gasteiger partial charge in [0, 0.05) is 5.75 Å². The number of nitrogens with zero attached hydrogens (tertiary/aromatic N) is 5. The van der Waals surface area contributed by atoms with E-state index in [1.165, 1.54) is 11.8 Å². The number of nitriles is 1. The molecule has 7 nitrogen and oxygen atoms in total. The van der Waals surface area contributed by atoms with Gasteiger partial charge < -0.3 is 9.84 Å². The van der Waals surface area contributed by atoms with Crippen LogP contribution >= 0.6 is 11.8 Å². The van der Waals surface area contributed by atoms with E-state index >= 15 is 0 Å². The maximum atomic E-state index is 10.1. The molecule has 132 valence electrons. The molecule has 1 heterocycles. The van der Waals surface area contributed by atoms with Gasteiger partial charge in [-0.25, -0.2) is 0 Å². The molecule has 0 bridgehead atoms. The third kappa shape index (κ3) is 4.59. The van der Waals surface area contributed by atoms with Crippen LogP contribution in [0.25, 0.3) is 5.69 Å². The Morgan fingerprint density at radius 3 is 2.62 bits per heavy atom. The number of aliphatic hydroxyl groups is 1. The van der Waals surface area contributed by atoms with Crippen molar-refractivity contribution in [3.8, 4) is 17.5 Å². The van der Waals surface area contributed by atoms with Gasteiger partial charge in [0.25, 0.3) is 0 Å². The lowest BCUT2D eigenvalue weighted by Crippen LogP contribution is -2.20. The molecular formula is C18H17N5O2S. The first kappa shape index (κ1) is 17.9. The van der Waals surface area contributed by atoms with Crippen LogP contribution in [0, 0.1) is 18.3 Å². The zero-order valence-electron chi connectivity index (χ0n) is 14.1. The molecule has 1 unspecified atom stereocenters. The summed E-state index contributed by atoms with van der Waals surface area (Å²) < 4.78 is 7.17. The van der Waals surface area contributed by atoms with E-state index in [0.717, 1.165) is 11.3 Å². The SMILES string of the molecule is Cc1ccc(-n2nnnc2SCC(O)COc2ccc(C#N)cc2)cc1. The van der Waals surface area contributed by atoms with Crippen LogP contribution in [-0.2, 0) is 0 Å².